The fourth-order valence-corrected chi connectivity index (χ4v) is 2.16. The summed E-state index contributed by atoms with van der Waals surface area (Å²) in [5.41, 5.74) is 1.45. The first-order valence-corrected chi connectivity index (χ1v) is 7.67. The van der Waals surface area contributed by atoms with Crippen LogP contribution in [0.2, 0.25) is 5.02 Å². The lowest BCUT2D eigenvalue weighted by Crippen LogP contribution is -2.23. The van der Waals surface area contributed by atoms with Crippen molar-refractivity contribution in [1.82, 2.24) is 0 Å². The highest BCUT2D eigenvalue weighted by atomic mass is 35.5. The van der Waals surface area contributed by atoms with Crippen molar-refractivity contribution < 1.29 is 19.4 Å². The minimum Gasteiger partial charge on any atom is -0.491 e. The third-order valence-electron chi connectivity index (χ3n) is 3.21. The number of benzene rings is 2. The molecule has 1 atom stereocenters. The number of aliphatic hydroxyl groups is 1. The average molecular weight is 335 g/mol. The van der Waals surface area contributed by atoms with Crippen LogP contribution in [0.1, 0.15) is 22.8 Å². The second-order valence-electron chi connectivity index (χ2n) is 5.16. The summed E-state index contributed by atoms with van der Waals surface area (Å²) in [6.07, 6.45) is -0.765. The SMILES string of the molecule is CC(=O)c1cccc(OCC(O)COCc2ccccc2Cl)c1. The molecule has 2 aromatic rings. The number of carbonyl (C=O) groups is 1. The van der Waals surface area contributed by atoms with E-state index in [0.29, 0.717) is 22.9 Å². The number of ketones is 1. The van der Waals surface area contributed by atoms with Crippen LogP contribution in [-0.4, -0.2) is 30.2 Å². The molecular weight excluding hydrogens is 316 g/mol. The standard InChI is InChI=1S/C18H19ClO4/c1-13(20)14-6-4-7-17(9-14)23-12-16(21)11-22-10-15-5-2-3-8-18(15)19/h2-9,16,21H,10-12H2,1H3. The molecule has 5 heteroatoms. The Morgan fingerprint density at radius 1 is 1.17 bits per heavy atom. The maximum atomic E-state index is 11.3. The quantitative estimate of drug-likeness (QED) is 0.751. The molecule has 4 nitrogen and oxygen atoms in total. The number of ether oxygens (including phenoxy) is 2. The van der Waals surface area contributed by atoms with Gasteiger partial charge in [0.25, 0.3) is 0 Å². The summed E-state index contributed by atoms with van der Waals surface area (Å²) in [5.74, 6) is 0.516. The first-order valence-electron chi connectivity index (χ1n) is 7.29. The second kappa shape index (κ2) is 8.67. The summed E-state index contributed by atoms with van der Waals surface area (Å²) in [6, 6.07) is 14.3. The number of carbonyl (C=O) groups excluding carboxylic acids is 1. The number of hydrogen-bond donors (Lipinski definition) is 1. The van der Waals surface area contributed by atoms with Gasteiger partial charge in [0, 0.05) is 10.6 Å². The average Bonchev–Trinajstić information content (AvgIpc) is 2.55. The minimum atomic E-state index is -0.765. The van der Waals surface area contributed by atoms with Gasteiger partial charge in [0.15, 0.2) is 5.78 Å². The predicted molar refractivity (Wildman–Crippen MR) is 89.1 cm³/mol. The summed E-state index contributed by atoms with van der Waals surface area (Å²) >= 11 is 6.03. The number of rotatable bonds is 8. The minimum absolute atomic E-state index is 0.0286. The van der Waals surface area contributed by atoms with Gasteiger partial charge >= 0.3 is 0 Å². The van der Waals surface area contributed by atoms with Crippen LogP contribution in [0, 0.1) is 0 Å². The molecule has 1 N–H and O–H groups in total. The van der Waals surface area contributed by atoms with E-state index >= 15 is 0 Å². The lowest BCUT2D eigenvalue weighted by atomic mass is 10.1. The number of Topliss-reactive ketones (excluding diaryl/α,β-unsaturated/α-hetero) is 1. The van der Waals surface area contributed by atoms with Gasteiger partial charge in [-0.15, -0.1) is 0 Å². The summed E-state index contributed by atoms with van der Waals surface area (Å²) in [4.78, 5) is 11.3. The van der Waals surface area contributed by atoms with E-state index in [-0.39, 0.29) is 19.0 Å². The topological polar surface area (TPSA) is 55.8 Å². The summed E-state index contributed by atoms with van der Waals surface area (Å²) in [5, 5.41) is 10.5. The van der Waals surface area contributed by atoms with Crippen molar-refractivity contribution in [2.45, 2.75) is 19.6 Å². The van der Waals surface area contributed by atoms with Crippen molar-refractivity contribution in [2.24, 2.45) is 0 Å². The number of hydrogen-bond acceptors (Lipinski definition) is 4. The molecule has 0 aromatic heterocycles. The van der Waals surface area contributed by atoms with Crippen LogP contribution in [0.15, 0.2) is 48.5 Å². The van der Waals surface area contributed by atoms with Gasteiger partial charge in [-0.1, -0.05) is 41.9 Å². The highest BCUT2D eigenvalue weighted by molar-refractivity contribution is 6.31. The van der Waals surface area contributed by atoms with Crippen molar-refractivity contribution >= 4 is 17.4 Å². The smallest absolute Gasteiger partial charge is 0.159 e. The zero-order chi connectivity index (χ0) is 16.7. The normalized spacial score (nSPS) is 12.0. The van der Waals surface area contributed by atoms with Gasteiger partial charge in [0.2, 0.25) is 0 Å². The third-order valence-corrected chi connectivity index (χ3v) is 3.58. The molecular formula is C18H19ClO4. The van der Waals surface area contributed by atoms with E-state index in [0.717, 1.165) is 5.56 Å². The Kier molecular flexibility index (Phi) is 6.59. The molecule has 0 heterocycles. The Labute approximate surface area is 140 Å². The maximum absolute atomic E-state index is 11.3. The van der Waals surface area contributed by atoms with Crippen molar-refractivity contribution in [3.05, 3.63) is 64.7 Å². The first-order chi connectivity index (χ1) is 11.1. The Morgan fingerprint density at radius 2 is 1.96 bits per heavy atom. The van der Waals surface area contributed by atoms with Gasteiger partial charge in [-0.05, 0) is 30.7 Å². The van der Waals surface area contributed by atoms with Gasteiger partial charge in [-0.3, -0.25) is 4.79 Å². The van der Waals surface area contributed by atoms with E-state index < -0.39 is 6.10 Å². The Hall–Kier alpha value is -1.88. The molecule has 0 aliphatic heterocycles. The molecule has 0 saturated carbocycles. The fourth-order valence-electron chi connectivity index (χ4n) is 1.97. The zero-order valence-corrected chi connectivity index (χ0v) is 13.6. The van der Waals surface area contributed by atoms with E-state index in [9.17, 15) is 9.90 Å². The fraction of sp³-hybridized carbons (Fsp3) is 0.278. The van der Waals surface area contributed by atoms with Crippen LogP contribution in [0.25, 0.3) is 0 Å². The first kappa shape index (κ1) is 17.5. The molecule has 122 valence electrons. The molecule has 0 saturated heterocycles. The highest BCUT2D eigenvalue weighted by Gasteiger charge is 2.08. The summed E-state index contributed by atoms with van der Waals surface area (Å²) in [6.45, 7) is 2.05. The number of aliphatic hydroxyl groups excluding tert-OH is 1. The van der Waals surface area contributed by atoms with Gasteiger partial charge in [-0.25, -0.2) is 0 Å². The molecule has 0 aliphatic rings. The van der Waals surface area contributed by atoms with Gasteiger partial charge in [-0.2, -0.15) is 0 Å². The molecule has 0 spiro atoms. The maximum Gasteiger partial charge on any atom is 0.159 e. The molecule has 2 rings (SSSR count). The van der Waals surface area contributed by atoms with Gasteiger partial charge in [0.1, 0.15) is 18.5 Å². The molecule has 0 aliphatic carbocycles. The summed E-state index contributed by atoms with van der Waals surface area (Å²) in [7, 11) is 0. The molecule has 0 radical (unpaired) electrons. The lowest BCUT2D eigenvalue weighted by Gasteiger charge is -2.13. The van der Waals surface area contributed by atoms with Crippen LogP contribution in [0.5, 0.6) is 5.75 Å². The van der Waals surface area contributed by atoms with Crippen LogP contribution >= 0.6 is 11.6 Å². The van der Waals surface area contributed by atoms with Crippen LogP contribution in [0.4, 0.5) is 0 Å². The molecule has 0 amide bonds. The van der Waals surface area contributed by atoms with E-state index in [1.165, 1.54) is 6.92 Å². The van der Waals surface area contributed by atoms with Crippen molar-refractivity contribution in [3.63, 3.8) is 0 Å². The van der Waals surface area contributed by atoms with Crippen LogP contribution in [-0.2, 0) is 11.3 Å². The molecule has 23 heavy (non-hydrogen) atoms. The predicted octanol–water partition coefficient (Wildman–Crippen LogP) is 3.50. The van der Waals surface area contributed by atoms with E-state index in [1.54, 1.807) is 30.3 Å². The van der Waals surface area contributed by atoms with E-state index in [1.807, 2.05) is 18.2 Å². The second-order valence-corrected chi connectivity index (χ2v) is 5.56. The zero-order valence-electron chi connectivity index (χ0n) is 12.9. The van der Waals surface area contributed by atoms with Crippen LogP contribution < -0.4 is 4.74 Å². The molecule has 0 fully saturated rings. The van der Waals surface area contributed by atoms with Crippen LogP contribution in [0.3, 0.4) is 0 Å². The summed E-state index contributed by atoms with van der Waals surface area (Å²) < 4.78 is 10.9. The molecule has 2 aromatic carbocycles. The number of halogens is 1. The lowest BCUT2D eigenvalue weighted by molar-refractivity contribution is 0.00550. The Bertz CT molecular complexity index is 657. The Morgan fingerprint density at radius 3 is 2.70 bits per heavy atom. The van der Waals surface area contributed by atoms with Crippen molar-refractivity contribution in [3.8, 4) is 5.75 Å². The van der Waals surface area contributed by atoms with Gasteiger partial charge < -0.3 is 14.6 Å². The third kappa shape index (κ3) is 5.67. The van der Waals surface area contributed by atoms with E-state index in [2.05, 4.69) is 0 Å². The highest BCUT2D eigenvalue weighted by Crippen LogP contribution is 2.16. The van der Waals surface area contributed by atoms with E-state index in [4.69, 9.17) is 21.1 Å². The Balaban J connectivity index is 1.75. The molecule has 0 bridgehead atoms. The van der Waals surface area contributed by atoms with Crippen molar-refractivity contribution in [2.75, 3.05) is 13.2 Å². The van der Waals surface area contributed by atoms with Gasteiger partial charge in [0.05, 0.1) is 13.2 Å². The monoisotopic (exact) mass is 334 g/mol. The largest absolute Gasteiger partial charge is 0.491 e. The molecule has 1 unspecified atom stereocenters. The van der Waals surface area contributed by atoms with Crippen molar-refractivity contribution in [1.29, 1.82) is 0 Å².